The summed E-state index contributed by atoms with van der Waals surface area (Å²) in [5.74, 6) is 0. The maximum atomic E-state index is 2.30. The summed E-state index contributed by atoms with van der Waals surface area (Å²) in [6.07, 6.45) is 2.39. The smallest absolute Gasteiger partial charge is 0.0181 e. The third-order valence-electron chi connectivity index (χ3n) is 3.25. The summed E-state index contributed by atoms with van der Waals surface area (Å²) in [5.41, 5.74) is 6.82. The van der Waals surface area contributed by atoms with E-state index in [2.05, 4.69) is 63.2 Å². The molecule has 0 unspecified atom stereocenters. The first-order chi connectivity index (χ1) is 8.20. The molecule has 17 heavy (non-hydrogen) atoms. The van der Waals surface area contributed by atoms with Crippen LogP contribution < -0.4 is 0 Å². The molecule has 0 N–H and O–H groups in total. The Labute approximate surface area is 104 Å². The summed E-state index contributed by atoms with van der Waals surface area (Å²) in [6, 6.07) is 15.6. The van der Waals surface area contributed by atoms with Gasteiger partial charge in [-0.05, 0) is 42.5 Å². The van der Waals surface area contributed by atoms with Gasteiger partial charge in [0, 0.05) is 0 Å². The number of rotatable bonds is 3. The van der Waals surface area contributed by atoms with Crippen LogP contribution in [0.3, 0.4) is 0 Å². The van der Waals surface area contributed by atoms with E-state index in [1.54, 1.807) is 0 Å². The van der Waals surface area contributed by atoms with Crippen LogP contribution in [0.15, 0.2) is 42.5 Å². The summed E-state index contributed by atoms with van der Waals surface area (Å²) < 4.78 is 0. The van der Waals surface area contributed by atoms with Crippen LogP contribution in [0.1, 0.15) is 30.0 Å². The van der Waals surface area contributed by atoms with Crippen molar-refractivity contribution in [1.82, 2.24) is 0 Å². The fourth-order valence-corrected chi connectivity index (χ4v) is 2.17. The monoisotopic (exact) mass is 224 g/mol. The van der Waals surface area contributed by atoms with Gasteiger partial charge in [0.2, 0.25) is 0 Å². The van der Waals surface area contributed by atoms with Gasteiger partial charge in [0.15, 0.2) is 0 Å². The molecule has 0 fully saturated rings. The van der Waals surface area contributed by atoms with Gasteiger partial charge in [0.1, 0.15) is 0 Å². The van der Waals surface area contributed by atoms with Crippen LogP contribution >= 0.6 is 0 Å². The van der Waals surface area contributed by atoms with E-state index in [1.807, 2.05) is 0 Å². The molecule has 2 aromatic rings. The van der Waals surface area contributed by atoms with Crippen molar-refractivity contribution >= 4 is 0 Å². The lowest BCUT2D eigenvalue weighted by molar-refractivity contribution is 0.913. The number of aryl methyl sites for hydroxylation is 3. The zero-order chi connectivity index (χ0) is 12.3. The van der Waals surface area contributed by atoms with E-state index in [9.17, 15) is 0 Å². The molecule has 0 amide bonds. The Morgan fingerprint density at radius 3 is 2.06 bits per heavy atom. The maximum absolute atomic E-state index is 2.30. The zero-order valence-corrected chi connectivity index (χ0v) is 11.0. The van der Waals surface area contributed by atoms with Gasteiger partial charge in [0.05, 0.1) is 0 Å². The highest BCUT2D eigenvalue weighted by Gasteiger charge is 2.01. The molecule has 88 valence electrons. The number of hydrogen-bond donors (Lipinski definition) is 0. The average molecular weight is 224 g/mol. The van der Waals surface area contributed by atoms with Gasteiger partial charge in [-0.25, -0.2) is 0 Å². The van der Waals surface area contributed by atoms with Crippen molar-refractivity contribution in [3.8, 4) is 11.1 Å². The van der Waals surface area contributed by atoms with E-state index in [-0.39, 0.29) is 0 Å². The molecule has 0 heterocycles. The van der Waals surface area contributed by atoms with Crippen molar-refractivity contribution in [2.24, 2.45) is 0 Å². The second-order valence-electron chi connectivity index (χ2n) is 4.76. The van der Waals surface area contributed by atoms with Crippen LogP contribution in [0.5, 0.6) is 0 Å². The molecular formula is C17H20. The van der Waals surface area contributed by atoms with Gasteiger partial charge >= 0.3 is 0 Å². The predicted molar refractivity (Wildman–Crippen MR) is 75.3 cm³/mol. The molecule has 0 bridgehead atoms. The number of benzene rings is 2. The van der Waals surface area contributed by atoms with E-state index in [1.165, 1.54) is 40.7 Å². The molecule has 0 atom stereocenters. The topological polar surface area (TPSA) is 0 Å². The maximum Gasteiger partial charge on any atom is -0.0181 e. The first-order valence-corrected chi connectivity index (χ1v) is 6.37. The minimum atomic E-state index is 1.18. The van der Waals surface area contributed by atoms with Crippen LogP contribution in [-0.4, -0.2) is 0 Å². The van der Waals surface area contributed by atoms with Gasteiger partial charge in [-0.2, -0.15) is 0 Å². The zero-order valence-electron chi connectivity index (χ0n) is 11.0. The van der Waals surface area contributed by atoms with E-state index in [4.69, 9.17) is 0 Å². The highest BCUT2D eigenvalue weighted by molar-refractivity contribution is 5.65. The highest BCUT2D eigenvalue weighted by Crippen LogP contribution is 2.23. The molecule has 0 nitrogen and oxygen atoms in total. The standard InChI is InChI=1S/C17H20/c1-4-5-15-10-11-17(12-14(15)3)16-8-6-13(2)7-9-16/h6-12H,4-5H2,1-3H3. The van der Waals surface area contributed by atoms with Crippen LogP contribution in [0.2, 0.25) is 0 Å². The van der Waals surface area contributed by atoms with Crippen molar-refractivity contribution < 1.29 is 0 Å². The summed E-state index contributed by atoms with van der Waals surface area (Å²) in [6.45, 7) is 6.56. The second kappa shape index (κ2) is 5.18. The molecule has 0 aliphatic rings. The summed E-state index contributed by atoms with van der Waals surface area (Å²) >= 11 is 0. The van der Waals surface area contributed by atoms with Crippen molar-refractivity contribution in [2.75, 3.05) is 0 Å². The molecule has 0 heteroatoms. The molecule has 0 radical (unpaired) electrons. The van der Waals surface area contributed by atoms with Gasteiger partial charge < -0.3 is 0 Å². The lowest BCUT2D eigenvalue weighted by atomic mass is 9.97. The molecule has 0 saturated carbocycles. The van der Waals surface area contributed by atoms with Crippen LogP contribution in [0.4, 0.5) is 0 Å². The van der Waals surface area contributed by atoms with E-state index >= 15 is 0 Å². The third kappa shape index (κ3) is 2.76. The molecule has 0 spiro atoms. The Morgan fingerprint density at radius 2 is 1.47 bits per heavy atom. The van der Waals surface area contributed by atoms with Gasteiger partial charge in [-0.1, -0.05) is 61.4 Å². The fraction of sp³-hybridized carbons (Fsp3) is 0.294. The van der Waals surface area contributed by atoms with Crippen molar-refractivity contribution in [1.29, 1.82) is 0 Å². The first-order valence-electron chi connectivity index (χ1n) is 6.37. The molecule has 0 aliphatic heterocycles. The lowest BCUT2D eigenvalue weighted by Gasteiger charge is -2.08. The van der Waals surface area contributed by atoms with Crippen LogP contribution in [0.25, 0.3) is 11.1 Å². The van der Waals surface area contributed by atoms with Crippen LogP contribution in [0, 0.1) is 13.8 Å². The molecular weight excluding hydrogens is 204 g/mol. The van der Waals surface area contributed by atoms with Crippen molar-refractivity contribution in [3.05, 3.63) is 59.2 Å². The number of hydrogen-bond acceptors (Lipinski definition) is 0. The average Bonchev–Trinajstić information content (AvgIpc) is 2.33. The van der Waals surface area contributed by atoms with Crippen molar-refractivity contribution in [3.63, 3.8) is 0 Å². The molecule has 0 aliphatic carbocycles. The Kier molecular flexibility index (Phi) is 3.63. The fourth-order valence-electron chi connectivity index (χ4n) is 2.17. The van der Waals surface area contributed by atoms with Gasteiger partial charge in [0.25, 0.3) is 0 Å². The van der Waals surface area contributed by atoms with Crippen molar-refractivity contribution in [2.45, 2.75) is 33.6 Å². The predicted octanol–water partition coefficient (Wildman–Crippen LogP) is 4.92. The molecule has 0 saturated heterocycles. The van der Waals surface area contributed by atoms with E-state index in [0.717, 1.165) is 0 Å². The Hall–Kier alpha value is -1.56. The summed E-state index contributed by atoms with van der Waals surface area (Å²) in [7, 11) is 0. The molecule has 0 aromatic heterocycles. The second-order valence-corrected chi connectivity index (χ2v) is 4.76. The quantitative estimate of drug-likeness (QED) is 0.694. The van der Waals surface area contributed by atoms with E-state index < -0.39 is 0 Å². The first kappa shape index (κ1) is 11.9. The SMILES string of the molecule is CCCc1ccc(-c2ccc(C)cc2)cc1C. The third-order valence-corrected chi connectivity index (χ3v) is 3.25. The minimum absolute atomic E-state index is 1.18. The largest absolute Gasteiger partial charge is 0.0651 e. The van der Waals surface area contributed by atoms with Gasteiger partial charge in [-0.15, -0.1) is 0 Å². The lowest BCUT2D eigenvalue weighted by Crippen LogP contribution is -1.89. The molecule has 2 aromatic carbocycles. The van der Waals surface area contributed by atoms with Gasteiger partial charge in [-0.3, -0.25) is 0 Å². The summed E-state index contributed by atoms with van der Waals surface area (Å²) in [4.78, 5) is 0. The molecule has 2 rings (SSSR count). The minimum Gasteiger partial charge on any atom is -0.0651 e. The summed E-state index contributed by atoms with van der Waals surface area (Å²) in [5, 5.41) is 0. The van der Waals surface area contributed by atoms with E-state index in [0.29, 0.717) is 0 Å². The Balaban J connectivity index is 2.34. The Morgan fingerprint density at radius 1 is 0.824 bits per heavy atom. The highest BCUT2D eigenvalue weighted by atomic mass is 14.1. The Bertz CT molecular complexity index is 492. The van der Waals surface area contributed by atoms with Crippen LogP contribution in [-0.2, 0) is 6.42 Å². The normalized spacial score (nSPS) is 10.5.